The lowest BCUT2D eigenvalue weighted by molar-refractivity contribution is -0.137. The number of ketones is 1. The number of allylic oxidation sites excluding steroid dienone is 1. The van der Waals surface area contributed by atoms with Gasteiger partial charge in [0.2, 0.25) is 0 Å². The topological polar surface area (TPSA) is 94.8 Å². The molecule has 0 aromatic heterocycles. The largest absolute Gasteiger partial charge is 0.507 e. The van der Waals surface area contributed by atoms with E-state index in [1.807, 2.05) is 55.5 Å². The van der Waals surface area contributed by atoms with Gasteiger partial charge in [-0.15, -0.1) is 11.8 Å². The number of aliphatic hydroxyl groups excluding tert-OH is 1. The smallest absolute Gasteiger partial charge is 0.303 e. The number of carbonyl (C=O) groups is 2. The summed E-state index contributed by atoms with van der Waals surface area (Å²) in [7, 11) is 0. The Morgan fingerprint density at radius 1 is 1.12 bits per heavy atom. The number of thioether (sulfide) groups is 1. The molecular weight excluding hydrogens is 424 g/mol. The van der Waals surface area contributed by atoms with Crippen molar-refractivity contribution in [1.82, 2.24) is 0 Å². The molecule has 2 aromatic rings. The zero-order valence-corrected chi connectivity index (χ0v) is 19.5. The molecule has 0 aliphatic carbocycles. The standard InChI is InChI=1S/C26H32O5S/c1-3-9-21-23(17-16-20(18(2)27)26(21)31)32-24(22(28)13-8-15-25(29)30)14-7-12-19-10-5-4-6-11-19/h4-7,10-11,14,16-17,22,24,28,31H,3,8-9,12-13,15H2,1-2H3,(H,29,30)/t22-,24+/m1/s1. The first-order chi connectivity index (χ1) is 15.3. The highest BCUT2D eigenvalue weighted by Gasteiger charge is 2.22. The van der Waals surface area contributed by atoms with Crippen molar-refractivity contribution in [3.05, 3.63) is 71.3 Å². The van der Waals surface area contributed by atoms with Crippen LogP contribution in [0.15, 0.2) is 59.5 Å². The van der Waals surface area contributed by atoms with Crippen LogP contribution in [-0.2, 0) is 17.6 Å². The van der Waals surface area contributed by atoms with E-state index in [2.05, 4.69) is 0 Å². The van der Waals surface area contributed by atoms with E-state index in [0.717, 1.165) is 23.3 Å². The number of Topliss-reactive ketones (excluding diaryl/α,β-unsaturated/α-hetero) is 1. The quantitative estimate of drug-likeness (QED) is 0.212. The van der Waals surface area contributed by atoms with Gasteiger partial charge in [-0.2, -0.15) is 0 Å². The molecule has 2 atom stereocenters. The molecule has 0 aliphatic heterocycles. The molecule has 32 heavy (non-hydrogen) atoms. The van der Waals surface area contributed by atoms with Crippen molar-refractivity contribution in [2.45, 2.75) is 68.6 Å². The molecule has 0 radical (unpaired) electrons. The third kappa shape index (κ3) is 7.84. The van der Waals surface area contributed by atoms with Gasteiger partial charge in [-0.3, -0.25) is 9.59 Å². The maximum atomic E-state index is 11.8. The number of benzene rings is 2. The van der Waals surface area contributed by atoms with E-state index in [4.69, 9.17) is 5.11 Å². The number of aromatic hydroxyl groups is 1. The minimum absolute atomic E-state index is 0.0109. The minimum Gasteiger partial charge on any atom is -0.507 e. The van der Waals surface area contributed by atoms with Crippen molar-refractivity contribution in [2.75, 3.05) is 0 Å². The fourth-order valence-electron chi connectivity index (χ4n) is 3.48. The Hall–Kier alpha value is -2.57. The molecule has 6 heteroatoms. The van der Waals surface area contributed by atoms with Crippen molar-refractivity contribution in [2.24, 2.45) is 0 Å². The van der Waals surface area contributed by atoms with Gasteiger partial charge in [-0.1, -0.05) is 55.8 Å². The third-order valence-electron chi connectivity index (χ3n) is 5.17. The summed E-state index contributed by atoms with van der Waals surface area (Å²) in [5.41, 5.74) is 2.17. The molecule has 2 rings (SSSR count). The number of carboxylic acids is 1. The van der Waals surface area contributed by atoms with E-state index in [9.17, 15) is 19.8 Å². The second-order valence-electron chi connectivity index (χ2n) is 7.80. The van der Waals surface area contributed by atoms with Gasteiger partial charge in [0.1, 0.15) is 5.75 Å². The van der Waals surface area contributed by atoms with Crippen LogP contribution in [0, 0.1) is 0 Å². The van der Waals surface area contributed by atoms with Gasteiger partial charge in [0, 0.05) is 16.9 Å². The highest BCUT2D eigenvalue weighted by Crippen LogP contribution is 2.37. The molecule has 0 amide bonds. The molecule has 0 saturated carbocycles. The van der Waals surface area contributed by atoms with Gasteiger partial charge in [0.25, 0.3) is 0 Å². The van der Waals surface area contributed by atoms with Gasteiger partial charge in [-0.05, 0) is 50.3 Å². The summed E-state index contributed by atoms with van der Waals surface area (Å²) in [6.45, 7) is 3.44. The Kier molecular flexibility index (Phi) is 10.5. The van der Waals surface area contributed by atoms with Crippen LogP contribution in [0.4, 0.5) is 0 Å². The lowest BCUT2D eigenvalue weighted by atomic mass is 10.0. The number of hydrogen-bond donors (Lipinski definition) is 3. The first kappa shape index (κ1) is 25.7. The second kappa shape index (κ2) is 13.1. The fourth-order valence-corrected chi connectivity index (χ4v) is 4.74. The number of carbonyl (C=O) groups excluding carboxylic acids is 1. The minimum atomic E-state index is -0.879. The lowest BCUT2D eigenvalue weighted by Gasteiger charge is -2.22. The molecular formula is C26H32O5S. The Labute approximate surface area is 194 Å². The van der Waals surface area contributed by atoms with Crippen molar-refractivity contribution >= 4 is 23.5 Å². The molecule has 0 unspecified atom stereocenters. The van der Waals surface area contributed by atoms with Crippen molar-refractivity contribution in [3.8, 4) is 5.75 Å². The van der Waals surface area contributed by atoms with Crippen LogP contribution in [-0.4, -0.2) is 38.4 Å². The molecule has 5 nitrogen and oxygen atoms in total. The van der Waals surface area contributed by atoms with Crippen LogP contribution in [0.1, 0.15) is 61.0 Å². The summed E-state index contributed by atoms with van der Waals surface area (Å²) in [6, 6.07) is 13.4. The molecule has 0 spiro atoms. The van der Waals surface area contributed by atoms with Crippen LogP contribution in [0.25, 0.3) is 0 Å². The summed E-state index contributed by atoms with van der Waals surface area (Å²) in [4.78, 5) is 23.5. The van der Waals surface area contributed by atoms with Crippen LogP contribution in [0.5, 0.6) is 5.75 Å². The van der Waals surface area contributed by atoms with E-state index >= 15 is 0 Å². The van der Waals surface area contributed by atoms with Gasteiger partial charge < -0.3 is 15.3 Å². The van der Waals surface area contributed by atoms with E-state index in [1.165, 1.54) is 18.7 Å². The monoisotopic (exact) mass is 456 g/mol. The predicted octanol–water partition coefficient (Wildman–Crippen LogP) is 5.42. The SMILES string of the molecule is CCCc1c(S[C@@H](C=CCc2ccccc2)[C@H](O)CCCC(=O)O)ccc(C(C)=O)c1O. The number of carboxylic acid groups (broad SMARTS) is 1. The van der Waals surface area contributed by atoms with Crippen molar-refractivity contribution in [1.29, 1.82) is 0 Å². The van der Waals surface area contributed by atoms with Gasteiger partial charge in [-0.25, -0.2) is 0 Å². The molecule has 172 valence electrons. The normalized spacial score (nSPS) is 13.2. The molecule has 3 N–H and O–H groups in total. The number of phenols is 1. The number of hydrogen-bond acceptors (Lipinski definition) is 5. The van der Waals surface area contributed by atoms with E-state index in [1.54, 1.807) is 6.07 Å². The molecule has 0 bridgehead atoms. The Bertz CT molecular complexity index is 923. The van der Waals surface area contributed by atoms with Crippen LogP contribution in [0.3, 0.4) is 0 Å². The van der Waals surface area contributed by atoms with Gasteiger partial charge >= 0.3 is 5.97 Å². The fraction of sp³-hybridized carbons (Fsp3) is 0.385. The number of phenolic OH excluding ortho intramolecular Hbond substituents is 1. The maximum absolute atomic E-state index is 11.8. The molecule has 0 fully saturated rings. The molecule has 0 heterocycles. The average molecular weight is 457 g/mol. The lowest BCUT2D eigenvalue weighted by Crippen LogP contribution is -2.21. The summed E-state index contributed by atoms with van der Waals surface area (Å²) in [5, 5.41) is 30.1. The molecule has 0 aliphatic rings. The molecule has 0 saturated heterocycles. The third-order valence-corrected chi connectivity index (χ3v) is 6.55. The number of aliphatic hydroxyl groups is 1. The molecule has 2 aromatic carbocycles. The summed E-state index contributed by atoms with van der Waals surface area (Å²) < 4.78 is 0. The summed E-state index contributed by atoms with van der Waals surface area (Å²) in [6.07, 6.45) is 6.12. The highest BCUT2D eigenvalue weighted by molar-refractivity contribution is 8.00. The van der Waals surface area contributed by atoms with E-state index in [-0.39, 0.29) is 23.2 Å². The van der Waals surface area contributed by atoms with Crippen molar-refractivity contribution in [3.63, 3.8) is 0 Å². The van der Waals surface area contributed by atoms with E-state index < -0.39 is 12.1 Å². The van der Waals surface area contributed by atoms with Crippen LogP contribution >= 0.6 is 11.8 Å². The predicted molar refractivity (Wildman–Crippen MR) is 129 cm³/mol. The number of rotatable bonds is 13. The Morgan fingerprint density at radius 2 is 1.84 bits per heavy atom. The second-order valence-corrected chi connectivity index (χ2v) is 9.02. The van der Waals surface area contributed by atoms with Crippen molar-refractivity contribution < 1.29 is 24.9 Å². The Morgan fingerprint density at radius 3 is 2.47 bits per heavy atom. The Balaban J connectivity index is 2.27. The first-order valence-corrected chi connectivity index (χ1v) is 11.8. The zero-order valence-electron chi connectivity index (χ0n) is 18.7. The highest BCUT2D eigenvalue weighted by atomic mass is 32.2. The first-order valence-electron chi connectivity index (χ1n) is 11.0. The summed E-state index contributed by atoms with van der Waals surface area (Å²) in [5.74, 6) is -1.06. The number of aliphatic carboxylic acids is 1. The van der Waals surface area contributed by atoms with Crippen LogP contribution in [0.2, 0.25) is 0 Å². The summed E-state index contributed by atoms with van der Waals surface area (Å²) >= 11 is 1.44. The van der Waals surface area contributed by atoms with Crippen LogP contribution < -0.4 is 0 Å². The zero-order chi connectivity index (χ0) is 23.5. The van der Waals surface area contributed by atoms with Gasteiger partial charge in [0.05, 0.1) is 16.9 Å². The average Bonchev–Trinajstić information content (AvgIpc) is 2.75. The van der Waals surface area contributed by atoms with E-state index in [0.29, 0.717) is 30.4 Å². The maximum Gasteiger partial charge on any atom is 0.303 e. The van der Waals surface area contributed by atoms with Gasteiger partial charge in [0.15, 0.2) is 5.78 Å².